The van der Waals surface area contributed by atoms with Gasteiger partial charge in [-0.3, -0.25) is 0 Å². The number of halogens is 2. The Morgan fingerprint density at radius 3 is 2.48 bits per heavy atom. The van der Waals surface area contributed by atoms with E-state index in [2.05, 4.69) is 14.9 Å². The van der Waals surface area contributed by atoms with E-state index in [0.717, 1.165) is 17.7 Å². The summed E-state index contributed by atoms with van der Waals surface area (Å²) in [6.07, 6.45) is 7.53. The molecular formula is C21H29ClFN3O. The Kier molecular flexibility index (Phi) is 8.95. The molecule has 1 aliphatic heterocycles. The summed E-state index contributed by atoms with van der Waals surface area (Å²) < 4.78 is 18.9. The fourth-order valence-electron chi connectivity index (χ4n) is 3.36. The zero-order chi connectivity index (χ0) is 18.2. The maximum absolute atomic E-state index is 13.1. The molecule has 4 nitrogen and oxygen atoms in total. The largest absolute Gasteiger partial charge is 0.478 e. The Balaban J connectivity index is 0.00000261. The highest BCUT2D eigenvalue weighted by Gasteiger charge is 2.09. The zero-order valence-electron chi connectivity index (χ0n) is 16.0. The molecule has 148 valence electrons. The van der Waals surface area contributed by atoms with Gasteiger partial charge in [0.1, 0.15) is 11.6 Å². The smallest absolute Gasteiger partial charge is 0.217 e. The van der Waals surface area contributed by atoms with Crippen molar-refractivity contribution in [2.24, 2.45) is 0 Å². The van der Waals surface area contributed by atoms with Crippen molar-refractivity contribution >= 4 is 12.4 Å². The summed E-state index contributed by atoms with van der Waals surface area (Å²) in [4.78, 5) is 11.4. The maximum atomic E-state index is 13.1. The van der Waals surface area contributed by atoms with E-state index in [0.29, 0.717) is 18.3 Å². The Hall–Kier alpha value is -1.72. The molecule has 2 aromatic rings. The first-order valence-electron chi connectivity index (χ1n) is 9.67. The van der Waals surface area contributed by atoms with Gasteiger partial charge in [-0.15, -0.1) is 12.4 Å². The second kappa shape index (κ2) is 11.2. The molecule has 0 spiro atoms. The highest BCUT2D eigenvalue weighted by atomic mass is 35.5. The molecule has 1 aromatic heterocycles. The number of unbranched alkanes of at least 4 members (excludes halogenated alkanes) is 2. The maximum Gasteiger partial charge on any atom is 0.217 e. The van der Waals surface area contributed by atoms with E-state index < -0.39 is 0 Å². The van der Waals surface area contributed by atoms with Crippen LogP contribution >= 0.6 is 12.4 Å². The Bertz CT molecular complexity index is 690. The van der Waals surface area contributed by atoms with Crippen molar-refractivity contribution in [2.45, 2.75) is 45.4 Å². The fraction of sp³-hybridized carbons (Fsp3) is 0.524. The molecule has 2 heterocycles. The molecule has 1 aliphatic rings. The second-order valence-electron chi connectivity index (χ2n) is 6.96. The molecule has 1 aromatic carbocycles. The molecule has 0 saturated carbocycles. The number of hydrogen-bond donors (Lipinski definition) is 0. The number of hydrogen-bond acceptors (Lipinski definition) is 4. The van der Waals surface area contributed by atoms with Gasteiger partial charge in [-0.05, 0) is 82.9 Å². The molecule has 3 rings (SSSR count). The molecule has 0 radical (unpaired) electrons. The molecule has 6 heteroatoms. The van der Waals surface area contributed by atoms with Gasteiger partial charge < -0.3 is 9.64 Å². The zero-order valence-corrected chi connectivity index (χ0v) is 16.8. The number of benzene rings is 1. The van der Waals surface area contributed by atoms with E-state index in [9.17, 15) is 4.39 Å². The van der Waals surface area contributed by atoms with Gasteiger partial charge in [0.15, 0.2) is 0 Å². The Morgan fingerprint density at radius 1 is 1.00 bits per heavy atom. The van der Waals surface area contributed by atoms with E-state index >= 15 is 0 Å². The van der Waals surface area contributed by atoms with Crippen LogP contribution in [0.25, 0.3) is 11.3 Å². The molecule has 0 N–H and O–H groups in total. The molecule has 0 bridgehead atoms. The quantitative estimate of drug-likeness (QED) is 0.588. The lowest BCUT2D eigenvalue weighted by Crippen LogP contribution is -2.30. The number of nitrogens with zero attached hydrogens (tertiary/aromatic N) is 3. The van der Waals surface area contributed by atoms with Crippen LogP contribution in [-0.4, -0.2) is 41.1 Å². The van der Waals surface area contributed by atoms with Crippen LogP contribution < -0.4 is 4.74 Å². The average Bonchev–Trinajstić information content (AvgIpc) is 2.65. The van der Waals surface area contributed by atoms with Gasteiger partial charge in [0.05, 0.1) is 12.3 Å². The predicted octanol–water partition coefficient (Wildman–Crippen LogP) is 5.05. The normalized spacial score (nSPS) is 14.6. The summed E-state index contributed by atoms with van der Waals surface area (Å²) >= 11 is 0. The van der Waals surface area contributed by atoms with Crippen molar-refractivity contribution in [1.82, 2.24) is 14.9 Å². The molecule has 27 heavy (non-hydrogen) atoms. The van der Waals surface area contributed by atoms with E-state index in [4.69, 9.17) is 4.74 Å². The summed E-state index contributed by atoms with van der Waals surface area (Å²) in [6.45, 7) is 6.25. The highest BCUT2D eigenvalue weighted by molar-refractivity contribution is 5.85. The molecule has 0 unspecified atom stereocenters. The SMILES string of the molecule is Cc1nc(OCCCCCN2CCCCC2)cc(-c2ccc(F)cc2)n1.Cl. The van der Waals surface area contributed by atoms with Crippen LogP contribution in [0.4, 0.5) is 4.39 Å². The minimum atomic E-state index is -0.249. The third kappa shape index (κ3) is 7.07. The highest BCUT2D eigenvalue weighted by Crippen LogP contribution is 2.21. The van der Waals surface area contributed by atoms with Crippen LogP contribution in [0.3, 0.4) is 0 Å². The molecular weight excluding hydrogens is 365 g/mol. The first kappa shape index (κ1) is 21.6. The lowest BCUT2D eigenvalue weighted by molar-refractivity contribution is 0.220. The van der Waals surface area contributed by atoms with Crippen molar-refractivity contribution in [3.05, 3.63) is 42.0 Å². The van der Waals surface area contributed by atoms with Crippen LogP contribution in [0.2, 0.25) is 0 Å². The standard InChI is InChI=1S/C21H28FN3O.ClH/c1-17-23-20(18-8-10-19(22)11-9-18)16-21(24-17)26-15-7-3-6-14-25-12-4-2-5-13-25;/h8-11,16H,2-7,12-15H2,1H3;1H. The lowest BCUT2D eigenvalue weighted by atomic mass is 10.1. The number of aryl methyl sites for hydroxylation is 1. The molecule has 1 saturated heterocycles. The van der Waals surface area contributed by atoms with Gasteiger partial charge in [0.25, 0.3) is 0 Å². The van der Waals surface area contributed by atoms with Crippen molar-refractivity contribution in [3.63, 3.8) is 0 Å². The number of likely N-dealkylation sites (tertiary alicyclic amines) is 1. The minimum absolute atomic E-state index is 0. The lowest BCUT2D eigenvalue weighted by Gasteiger charge is -2.26. The Labute approximate surface area is 167 Å². The summed E-state index contributed by atoms with van der Waals surface area (Å²) in [5, 5.41) is 0. The first-order chi connectivity index (χ1) is 12.7. The van der Waals surface area contributed by atoms with Crippen LogP contribution in [0, 0.1) is 12.7 Å². The van der Waals surface area contributed by atoms with Gasteiger partial charge >= 0.3 is 0 Å². The minimum Gasteiger partial charge on any atom is -0.478 e. The van der Waals surface area contributed by atoms with Crippen molar-refractivity contribution < 1.29 is 9.13 Å². The second-order valence-corrected chi connectivity index (χ2v) is 6.96. The van der Waals surface area contributed by atoms with Gasteiger partial charge in [0, 0.05) is 11.6 Å². The predicted molar refractivity (Wildman–Crippen MR) is 109 cm³/mol. The number of aromatic nitrogens is 2. The summed E-state index contributed by atoms with van der Waals surface area (Å²) in [5.41, 5.74) is 1.63. The van der Waals surface area contributed by atoms with Gasteiger partial charge in [-0.1, -0.05) is 6.42 Å². The third-order valence-electron chi connectivity index (χ3n) is 4.77. The van der Waals surface area contributed by atoms with Crippen LogP contribution in [0.15, 0.2) is 30.3 Å². The van der Waals surface area contributed by atoms with Crippen molar-refractivity contribution in [2.75, 3.05) is 26.2 Å². The van der Waals surface area contributed by atoms with E-state index in [1.165, 1.54) is 63.9 Å². The van der Waals surface area contributed by atoms with Crippen LogP contribution in [0.5, 0.6) is 5.88 Å². The van der Waals surface area contributed by atoms with Crippen molar-refractivity contribution in [3.8, 4) is 17.1 Å². The van der Waals surface area contributed by atoms with Crippen molar-refractivity contribution in [1.29, 1.82) is 0 Å². The van der Waals surface area contributed by atoms with Crippen LogP contribution in [0.1, 0.15) is 44.3 Å². The summed E-state index contributed by atoms with van der Waals surface area (Å²) in [6, 6.07) is 8.15. The van der Waals surface area contributed by atoms with E-state index in [1.54, 1.807) is 12.1 Å². The molecule has 0 atom stereocenters. The fourth-order valence-corrected chi connectivity index (χ4v) is 3.36. The topological polar surface area (TPSA) is 38.2 Å². The number of rotatable bonds is 8. The molecule has 1 fully saturated rings. The van der Waals surface area contributed by atoms with Crippen LogP contribution in [-0.2, 0) is 0 Å². The van der Waals surface area contributed by atoms with Gasteiger partial charge in [-0.25, -0.2) is 9.37 Å². The molecule has 0 aliphatic carbocycles. The Morgan fingerprint density at radius 2 is 1.74 bits per heavy atom. The molecule has 0 amide bonds. The average molecular weight is 394 g/mol. The number of piperidine rings is 1. The monoisotopic (exact) mass is 393 g/mol. The van der Waals surface area contributed by atoms with E-state index in [1.807, 2.05) is 13.0 Å². The first-order valence-corrected chi connectivity index (χ1v) is 9.67. The van der Waals surface area contributed by atoms with Gasteiger partial charge in [-0.2, -0.15) is 4.98 Å². The summed E-state index contributed by atoms with van der Waals surface area (Å²) in [7, 11) is 0. The number of ether oxygens (including phenoxy) is 1. The van der Waals surface area contributed by atoms with E-state index in [-0.39, 0.29) is 18.2 Å². The third-order valence-corrected chi connectivity index (χ3v) is 4.77. The summed E-state index contributed by atoms with van der Waals surface area (Å²) in [5.74, 6) is 1.00. The van der Waals surface area contributed by atoms with Gasteiger partial charge in [0.2, 0.25) is 5.88 Å².